The SMILES string of the molecule is CCn1cnc(Cl)c(Br)c1=O. The van der Waals surface area contributed by atoms with E-state index in [2.05, 4.69) is 20.9 Å². The smallest absolute Gasteiger partial charge is 0.269 e. The molecule has 5 heteroatoms. The van der Waals surface area contributed by atoms with Crippen LogP contribution in [0.5, 0.6) is 0 Å². The van der Waals surface area contributed by atoms with Crippen molar-refractivity contribution >= 4 is 27.5 Å². The zero-order chi connectivity index (χ0) is 8.43. The molecule has 0 unspecified atom stereocenters. The molecule has 0 fully saturated rings. The van der Waals surface area contributed by atoms with Gasteiger partial charge in [-0.1, -0.05) is 11.6 Å². The molecule has 60 valence electrons. The van der Waals surface area contributed by atoms with E-state index in [0.717, 1.165) is 0 Å². The Bertz CT molecular complexity index is 323. The average Bonchev–Trinajstić information content (AvgIpc) is 2.01. The Labute approximate surface area is 77.1 Å². The number of nitrogens with zero attached hydrogens (tertiary/aromatic N) is 2. The van der Waals surface area contributed by atoms with E-state index < -0.39 is 0 Å². The van der Waals surface area contributed by atoms with Crippen LogP contribution in [-0.4, -0.2) is 9.55 Å². The fourth-order valence-corrected chi connectivity index (χ4v) is 1.12. The quantitative estimate of drug-likeness (QED) is 0.697. The van der Waals surface area contributed by atoms with Gasteiger partial charge in [0.1, 0.15) is 4.47 Å². The molecule has 0 saturated heterocycles. The molecule has 0 saturated carbocycles. The van der Waals surface area contributed by atoms with Crippen LogP contribution < -0.4 is 5.56 Å². The first-order valence-electron chi connectivity index (χ1n) is 3.07. The van der Waals surface area contributed by atoms with Crippen LogP contribution in [0.2, 0.25) is 5.15 Å². The summed E-state index contributed by atoms with van der Waals surface area (Å²) in [5, 5.41) is 0.208. The predicted octanol–water partition coefficient (Wildman–Crippen LogP) is 1.68. The first-order valence-corrected chi connectivity index (χ1v) is 4.24. The second-order valence-corrected chi connectivity index (χ2v) is 3.09. The first-order chi connectivity index (χ1) is 5.16. The number of rotatable bonds is 1. The number of aromatic nitrogens is 2. The third-order valence-electron chi connectivity index (χ3n) is 1.28. The summed E-state index contributed by atoms with van der Waals surface area (Å²) >= 11 is 8.61. The summed E-state index contributed by atoms with van der Waals surface area (Å²) in [6.45, 7) is 2.46. The van der Waals surface area contributed by atoms with Crippen molar-refractivity contribution in [2.24, 2.45) is 0 Å². The van der Waals surface area contributed by atoms with E-state index in [1.165, 1.54) is 10.9 Å². The van der Waals surface area contributed by atoms with Crippen LogP contribution in [-0.2, 0) is 6.54 Å². The second kappa shape index (κ2) is 3.36. The van der Waals surface area contributed by atoms with Crippen molar-refractivity contribution in [1.82, 2.24) is 9.55 Å². The van der Waals surface area contributed by atoms with E-state index in [0.29, 0.717) is 11.0 Å². The van der Waals surface area contributed by atoms with Crippen LogP contribution in [0.25, 0.3) is 0 Å². The molecule has 0 spiro atoms. The summed E-state index contributed by atoms with van der Waals surface area (Å²) in [7, 11) is 0. The van der Waals surface area contributed by atoms with Gasteiger partial charge in [-0.2, -0.15) is 0 Å². The highest BCUT2D eigenvalue weighted by molar-refractivity contribution is 9.10. The van der Waals surface area contributed by atoms with Gasteiger partial charge in [-0.15, -0.1) is 0 Å². The molecule has 1 aromatic heterocycles. The summed E-state index contributed by atoms with van der Waals surface area (Å²) in [5.41, 5.74) is -0.146. The fraction of sp³-hybridized carbons (Fsp3) is 0.333. The molecular weight excluding hydrogens is 231 g/mol. The lowest BCUT2D eigenvalue weighted by Gasteiger charge is -2.00. The lowest BCUT2D eigenvalue weighted by atomic mass is 10.6. The van der Waals surface area contributed by atoms with Crippen LogP contribution in [0.15, 0.2) is 15.6 Å². The molecule has 1 rings (SSSR count). The maximum Gasteiger partial charge on any atom is 0.269 e. The van der Waals surface area contributed by atoms with Gasteiger partial charge in [0.25, 0.3) is 5.56 Å². The van der Waals surface area contributed by atoms with Gasteiger partial charge in [0.2, 0.25) is 0 Å². The number of hydrogen-bond donors (Lipinski definition) is 0. The van der Waals surface area contributed by atoms with E-state index in [1.807, 2.05) is 6.92 Å². The fourth-order valence-electron chi connectivity index (χ4n) is 0.669. The molecule has 3 nitrogen and oxygen atoms in total. The van der Waals surface area contributed by atoms with Gasteiger partial charge in [-0.3, -0.25) is 9.36 Å². The van der Waals surface area contributed by atoms with Gasteiger partial charge in [-0.05, 0) is 22.9 Å². The van der Waals surface area contributed by atoms with Crippen LogP contribution in [0.4, 0.5) is 0 Å². The highest BCUT2D eigenvalue weighted by Crippen LogP contribution is 2.13. The minimum Gasteiger partial charge on any atom is -0.298 e. The molecular formula is C6H6BrClN2O. The molecule has 0 aromatic carbocycles. The molecule has 0 bridgehead atoms. The maximum absolute atomic E-state index is 11.2. The van der Waals surface area contributed by atoms with Gasteiger partial charge in [0.05, 0.1) is 6.33 Å². The zero-order valence-electron chi connectivity index (χ0n) is 5.84. The summed E-state index contributed by atoms with van der Waals surface area (Å²) in [4.78, 5) is 15.0. The topological polar surface area (TPSA) is 34.9 Å². The van der Waals surface area contributed by atoms with E-state index in [1.54, 1.807) is 0 Å². The highest BCUT2D eigenvalue weighted by atomic mass is 79.9. The third kappa shape index (κ3) is 1.62. The molecule has 0 radical (unpaired) electrons. The van der Waals surface area contributed by atoms with Crippen LogP contribution in [0.1, 0.15) is 6.92 Å². The molecule has 11 heavy (non-hydrogen) atoms. The standard InChI is InChI=1S/C6H6BrClN2O/c1-2-10-3-9-5(8)4(7)6(10)11/h3H,2H2,1H3. The molecule has 0 aliphatic rings. The molecule has 0 amide bonds. The minimum absolute atomic E-state index is 0.146. The second-order valence-electron chi connectivity index (χ2n) is 1.94. The van der Waals surface area contributed by atoms with Gasteiger partial charge in [0, 0.05) is 6.54 Å². The van der Waals surface area contributed by atoms with E-state index in [4.69, 9.17) is 11.6 Å². The summed E-state index contributed by atoms with van der Waals surface area (Å²) in [6.07, 6.45) is 1.43. The molecule has 1 heterocycles. The first kappa shape index (κ1) is 8.74. The van der Waals surface area contributed by atoms with Gasteiger partial charge >= 0.3 is 0 Å². The third-order valence-corrected chi connectivity index (χ3v) is 2.51. The van der Waals surface area contributed by atoms with Gasteiger partial charge < -0.3 is 0 Å². The van der Waals surface area contributed by atoms with Crippen LogP contribution >= 0.6 is 27.5 Å². The normalized spacial score (nSPS) is 10.1. The van der Waals surface area contributed by atoms with Crippen LogP contribution in [0.3, 0.4) is 0 Å². The Morgan fingerprint density at radius 3 is 3.00 bits per heavy atom. The van der Waals surface area contributed by atoms with Crippen molar-refractivity contribution in [3.8, 4) is 0 Å². The van der Waals surface area contributed by atoms with Crippen molar-refractivity contribution in [3.63, 3.8) is 0 Å². The number of hydrogen-bond acceptors (Lipinski definition) is 2. The van der Waals surface area contributed by atoms with E-state index >= 15 is 0 Å². The Morgan fingerprint density at radius 1 is 1.82 bits per heavy atom. The maximum atomic E-state index is 11.2. The van der Waals surface area contributed by atoms with Crippen molar-refractivity contribution in [2.45, 2.75) is 13.5 Å². The largest absolute Gasteiger partial charge is 0.298 e. The van der Waals surface area contributed by atoms with E-state index in [9.17, 15) is 4.79 Å². The zero-order valence-corrected chi connectivity index (χ0v) is 8.18. The molecule has 0 N–H and O–H groups in total. The lowest BCUT2D eigenvalue weighted by Crippen LogP contribution is -2.20. The molecule has 1 aromatic rings. The Morgan fingerprint density at radius 2 is 2.45 bits per heavy atom. The summed E-state index contributed by atoms with van der Waals surface area (Å²) in [6, 6.07) is 0. The van der Waals surface area contributed by atoms with Crippen molar-refractivity contribution in [3.05, 3.63) is 26.3 Å². The van der Waals surface area contributed by atoms with Gasteiger partial charge in [0.15, 0.2) is 5.15 Å². The monoisotopic (exact) mass is 236 g/mol. The molecule has 0 aliphatic carbocycles. The van der Waals surface area contributed by atoms with Crippen molar-refractivity contribution in [2.75, 3.05) is 0 Å². The number of aryl methyl sites for hydroxylation is 1. The Kier molecular flexibility index (Phi) is 2.67. The molecule has 0 aliphatic heterocycles. The molecule has 0 atom stereocenters. The average molecular weight is 237 g/mol. The lowest BCUT2D eigenvalue weighted by molar-refractivity contribution is 0.702. The summed E-state index contributed by atoms with van der Waals surface area (Å²) < 4.78 is 1.79. The Balaban J connectivity index is 3.37. The Hall–Kier alpha value is -0.350. The van der Waals surface area contributed by atoms with Crippen molar-refractivity contribution < 1.29 is 0 Å². The van der Waals surface area contributed by atoms with E-state index in [-0.39, 0.29) is 10.7 Å². The van der Waals surface area contributed by atoms with Crippen LogP contribution in [0, 0.1) is 0 Å². The minimum atomic E-state index is -0.146. The highest BCUT2D eigenvalue weighted by Gasteiger charge is 2.04. The van der Waals surface area contributed by atoms with Gasteiger partial charge in [-0.25, -0.2) is 4.98 Å². The number of halogens is 2. The predicted molar refractivity (Wildman–Crippen MR) is 46.9 cm³/mol. The summed E-state index contributed by atoms with van der Waals surface area (Å²) in [5.74, 6) is 0. The van der Waals surface area contributed by atoms with Crippen molar-refractivity contribution in [1.29, 1.82) is 0 Å².